The molecule has 1 heterocycles. The molecule has 4 rings (SSSR count). The van der Waals surface area contributed by atoms with Gasteiger partial charge in [0.2, 0.25) is 5.13 Å². The number of hydrogen-bond acceptors (Lipinski definition) is 7. The molecule has 0 fully saturated rings. The molecule has 0 aliphatic rings. The summed E-state index contributed by atoms with van der Waals surface area (Å²) in [7, 11) is 0. The minimum atomic E-state index is -0.488. The molecule has 8 heteroatoms. The Morgan fingerprint density at radius 3 is 2.63 bits per heavy atom. The number of fused-ring (bicyclic) bond motifs is 1. The number of esters is 1. The maximum Gasteiger partial charge on any atom is 0.308 e. The highest BCUT2D eigenvalue weighted by molar-refractivity contribution is 8.00. The molecule has 6 nitrogen and oxygen atoms in total. The molecule has 0 aliphatic carbocycles. The number of hydrogen-bond donors (Lipinski definition) is 1. The van der Waals surface area contributed by atoms with Gasteiger partial charge in [-0.2, -0.15) is 0 Å². The van der Waals surface area contributed by atoms with Crippen LogP contribution in [-0.4, -0.2) is 22.1 Å². The summed E-state index contributed by atoms with van der Waals surface area (Å²) in [5, 5.41) is 13.7. The molecular weight excluding hydrogens is 418 g/mol. The lowest BCUT2D eigenvalue weighted by molar-refractivity contribution is -0.131. The predicted octanol–water partition coefficient (Wildman–Crippen LogP) is 5.16. The Hall–Kier alpha value is -3.23. The van der Waals surface area contributed by atoms with Crippen molar-refractivity contribution in [2.24, 2.45) is 0 Å². The van der Waals surface area contributed by atoms with Gasteiger partial charge in [0.1, 0.15) is 5.75 Å². The van der Waals surface area contributed by atoms with E-state index in [2.05, 4.69) is 39.8 Å². The van der Waals surface area contributed by atoms with Crippen molar-refractivity contribution in [3.8, 4) is 5.75 Å². The molecule has 1 N–H and O–H groups in total. The van der Waals surface area contributed by atoms with Crippen LogP contribution in [0.15, 0.2) is 71.1 Å². The maximum absolute atomic E-state index is 12.6. The van der Waals surface area contributed by atoms with Crippen LogP contribution in [-0.2, 0) is 10.5 Å². The van der Waals surface area contributed by atoms with Crippen LogP contribution >= 0.6 is 23.1 Å². The van der Waals surface area contributed by atoms with Crippen LogP contribution < -0.4 is 10.1 Å². The summed E-state index contributed by atoms with van der Waals surface area (Å²) in [4.78, 5) is 23.8. The molecule has 30 heavy (non-hydrogen) atoms. The molecule has 0 saturated heterocycles. The highest BCUT2D eigenvalue weighted by Crippen LogP contribution is 2.31. The summed E-state index contributed by atoms with van der Waals surface area (Å²) < 4.78 is 5.85. The van der Waals surface area contributed by atoms with Crippen molar-refractivity contribution in [1.29, 1.82) is 0 Å². The smallest absolute Gasteiger partial charge is 0.308 e. The molecular formula is C22H17N3O3S2. The Labute approximate surface area is 181 Å². The first-order valence-electron chi connectivity index (χ1n) is 9.12. The zero-order valence-electron chi connectivity index (χ0n) is 16.0. The second kappa shape index (κ2) is 9.06. The van der Waals surface area contributed by atoms with Crippen LogP contribution in [0.1, 0.15) is 22.8 Å². The maximum atomic E-state index is 12.6. The van der Waals surface area contributed by atoms with E-state index in [1.165, 1.54) is 34.6 Å². The highest BCUT2D eigenvalue weighted by Gasteiger charge is 2.16. The topological polar surface area (TPSA) is 81.2 Å². The molecule has 0 spiro atoms. The molecule has 1 amide bonds. The van der Waals surface area contributed by atoms with E-state index in [-0.39, 0.29) is 11.3 Å². The number of nitrogens with one attached hydrogen (secondary N) is 1. The number of carbonyl (C=O) groups is 2. The van der Waals surface area contributed by atoms with Crippen molar-refractivity contribution in [1.82, 2.24) is 10.2 Å². The number of rotatable bonds is 6. The van der Waals surface area contributed by atoms with Crippen LogP contribution in [0.25, 0.3) is 10.8 Å². The normalized spacial score (nSPS) is 10.7. The van der Waals surface area contributed by atoms with Gasteiger partial charge in [-0.1, -0.05) is 77.7 Å². The summed E-state index contributed by atoms with van der Waals surface area (Å²) in [5.41, 5.74) is 1.47. The van der Waals surface area contributed by atoms with E-state index in [0.717, 1.165) is 10.1 Å². The van der Waals surface area contributed by atoms with Crippen molar-refractivity contribution < 1.29 is 14.3 Å². The number of para-hydroxylation sites is 1. The van der Waals surface area contributed by atoms with E-state index >= 15 is 0 Å². The van der Waals surface area contributed by atoms with Crippen molar-refractivity contribution in [2.45, 2.75) is 17.0 Å². The van der Waals surface area contributed by atoms with Gasteiger partial charge in [0.25, 0.3) is 5.91 Å². The van der Waals surface area contributed by atoms with E-state index in [1.54, 1.807) is 36.0 Å². The van der Waals surface area contributed by atoms with Crippen molar-refractivity contribution >= 4 is 50.9 Å². The molecule has 1 aromatic heterocycles. The Bertz CT molecular complexity index is 1220. The first-order valence-corrected chi connectivity index (χ1v) is 10.9. The Kier molecular flexibility index (Phi) is 6.06. The van der Waals surface area contributed by atoms with Gasteiger partial charge < -0.3 is 4.74 Å². The number of ether oxygens (including phenoxy) is 1. The fourth-order valence-corrected chi connectivity index (χ4v) is 4.69. The fraction of sp³-hybridized carbons (Fsp3) is 0.0909. The highest BCUT2D eigenvalue weighted by atomic mass is 32.2. The largest absolute Gasteiger partial charge is 0.426 e. The zero-order chi connectivity index (χ0) is 20.9. The standard InChI is InChI=1S/C22H17N3O3S2/c1-14(26)28-19-12-5-4-11-18(19)20(27)23-21-24-25-22(30-21)29-13-16-9-6-8-15-7-2-3-10-17(15)16/h2-12H,13H2,1H3,(H,23,24,27). The van der Waals surface area contributed by atoms with Gasteiger partial charge in [0.15, 0.2) is 4.34 Å². The number of thioether (sulfide) groups is 1. The van der Waals surface area contributed by atoms with Gasteiger partial charge in [0.05, 0.1) is 5.56 Å². The van der Waals surface area contributed by atoms with Crippen LogP contribution in [0.2, 0.25) is 0 Å². The number of benzene rings is 3. The molecule has 0 atom stereocenters. The third-order valence-corrected chi connectivity index (χ3v) is 6.26. The summed E-state index contributed by atoms with van der Waals surface area (Å²) in [6, 6.07) is 21.1. The van der Waals surface area contributed by atoms with Gasteiger partial charge >= 0.3 is 5.97 Å². The van der Waals surface area contributed by atoms with Gasteiger partial charge in [-0.15, -0.1) is 10.2 Å². The van der Waals surface area contributed by atoms with E-state index in [0.29, 0.717) is 5.13 Å². The van der Waals surface area contributed by atoms with E-state index in [9.17, 15) is 9.59 Å². The van der Waals surface area contributed by atoms with Crippen molar-refractivity contribution in [3.63, 3.8) is 0 Å². The Morgan fingerprint density at radius 1 is 1.00 bits per heavy atom. The number of carbonyl (C=O) groups excluding carboxylic acids is 2. The van der Waals surface area contributed by atoms with Crippen LogP contribution in [0.4, 0.5) is 5.13 Å². The predicted molar refractivity (Wildman–Crippen MR) is 119 cm³/mol. The quantitative estimate of drug-likeness (QED) is 0.195. The van der Waals surface area contributed by atoms with Gasteiger partial charge in [-0.3, -0.25) is 14.9 Å². The van der Waals surface area contributed by atoms with Gasteiger partial charge in [-0.25, -0.2) is 0 Å². The Morgan fingerprint density at radius 2 is 1.77 bits per heavy atom. The first-order chi connectivity index (χ1) is 14.6. The first kappa shape index (κ1) is 20.1. The van der Waals surface area contributed by atoms with E-state index in [4.69, 9.17) is 4.74 Å². The molecule has 0 saturated carbocycles. The van der Waals surface area contributed by atoms with Crippen LogP contribution in [0.3, 0.4) is 0 Å². The third-order valence-electron chi connectivity index (χ3n) is 4.24. The SMILES string of the molecule is CC(=O)Oc1ccccc1C(=O)Nc1nnc(SCc2cccc3ccccc23)s1. The minimum Gasteiger partial charge on any atom is -0.426 e. The molecule has 0 aliphatic heterocycles. The monoisotopic (exact) mass is 435 g/mol. The second-order valence-electron chi connectivity index (χ2n) is 6.34. The Balaban J connectivity index is 1.43. The summed E-state index contributed by atoms with van der Waals surface area (Å²) >= 11 is 2.87. The zero-order valence-corrected chi connectivity index (χ0v) is 17.6. The number of anilines is 1. The number of aromatic nitrogens is 2. The fourth-order valence-electron chi connectivity index (χ4n) is 2.94. The second-order valence-corrected chi connectivity index (χ2v) is 8.54. The summed E-state index contributed by atoms with van der Waals surface area (Å²) in [5.74, 6) is 0.0589. The molecule has 0 bridgehead atoms. The molecule has 0 unspecified atom stereocenters. The summed E-state index contributed by atoms with van der Waals surface area (Å²) in [6.07, 6.45) is 0. The van der Waals surface area contributed by atoms with Crippen LogP contribution in [0.5, 0.6) is 5.75 Å². The van der Waals surface area contributed by atoms with E-state index < -0.39 is 11.9 Å². The van der Waals surface area contributed by atoms with Crippen molar-refractivity contribution in [3.05, 3.63) is 77.9 Å². The van der Waals surface area contributed by atoms with Crippen LogP contribution in [0, 0.1) is 0 Å². The average molecular weight is 436 g/mol. The van der Waals surface area contributed by atoms with E-state index in [1.807, 2.05) is 18.2 Å². The van der Waals surface area contributed by atoms with Crippen molar-refractivity contribution in [2.75, 3.05) is 5.32 Å². The minimum absolute atomic E-state index is 0.206. The molecule has 4 aromatic rings. The van der Waals surface area contributed by atoms with Gasteiger partial charge in [-0.05, 0) is 28.5 Å². The molecule has 3 aromatic carbocycles. The van der Waals surface area contributed by atoms with Gasteiger partial charge in [0, 0.05) is 12.7 Å². The molecule has 0 radical (unpaired) electrons. The lowest BCUT2D eigenvalue weighted by Gasteiger charge is -2.07. The average Bonchev–Trinajstić information content (AvgIpc) is 3.19. The number of nitrogens with zero attached hydrogens (tertiary/aromatic N) is 2. The number of amides is 1. The lowest BCUT2D eigenvalue weighted by atomic mass is 10.1. The third kappa shape index (κ3) is 4.67. The molecule has 150 valence electrons. The lowest BCUT2D eigenvalue weighted by Crippen LogP contribution is -2.14. The summed E-state index contributed by atoms with van der Waals surface area (Å²) in [6.45, 7) is 1.29.